The molecule has 0 radical (unpaired) electrons. The third-order valence-electron chi connectivity index (χ3n) is 3.59. The molecule has 1 rings (SSSR count). The van der Waals surface area contributed by atoms with Crippen molar-refractivity contribution in [1.82, 2.24) is 0 Å². The highest BCUT2D eigenvalue weighted by Crippen LogP contribution is 2.30. The molecule has 2 nitrogen and oxygen atoms in total. The van der Waals surface area contributed by atoms with Crippen molar-refractivity contribution < 1.29 is 4.79 Å². The molecule has 0 atom stereocenters. The van der Waals surface area contributed by atoms with Crippen LogP contribution in [0, 0.1) is 8.99 Å². The number of hydrogen-bond acceptors (Lipinski definition) is 2. The first kappa shape index (κ1) is 14.6. The third-order valence-corrected chi connectivity index (χ3v) is 4.31. The molecule has 0 amide bonds. The van der Waals surface area contributed by atoms with Gasteiger partial charge in [0.1, 0.15) is 5.78 Å². The van der Waals surface area contributed by atoms with E-state index in [0.29, 0.717) is 6.42 Å². The van der Waals surface area contributed by atoms with E-state index in [0.717, 1.165) is 5.56 Å². The zero-order valence-electron chi connectivity index (χ0n) is 10.9. The molecule has 0 aliphatic carbocycles. The molecule has 1 aromatic carbocycles. The van der Waals surface area contributed by atoms with Gasteiger partial charge in [-0.2, -0.15) is 0 Å². The van der Waals surface area contributed by atoms with E-state index < -0.39 is 11.0 Å². The van der Waals surface area contributed by atoms with Crippen LogP contribution in [0.4, 0.5) is 0 Å². The highest BCUT2D eigenvalue weighted by molar-refractivity contribution is 14.1. The van der Waals surface area contributed by atoms with Crippen molar-refractivity contribution in [2.24, 2.45) is 11.1 Å². The number of benzene rings is 1. The molecular weight excluding hydrogens is 325 g/mol. The number of nitrogens with two attached hydrogens (primary N) is 1. The fourth-order valence-corrected chi connectivity index (χ4v) is 1.73. The Kier molecular flexibility index (Phi) is 4.36. The number of hydrogen-bond donors (Lipinski definition) is 1. The van der Waals surface area contributed by atoms with Crippen molar-refractivity contribution in [3.8, 4) is 0 Å². The molecule has 1 aromatic rings. The molecule has 0 bridgehead atoms. The Morgan fingerprint density at radius 3 is 2.06 bits per heavy atom. The number of carbonyl (C=O) groups excluding carboxylic acids is 1. The van der Waals surface area contributed by atoms with Gasteiger partial charge in [0.05, 0.1) is 0 Å². The molecule has 17 heavy (non-hydrogen) atoms. The second-order valence-corrected chi connectivity index (χ2v) is 6.82. The van der Waals surface area contributed by atoms with Crippen LogP contribution in [0.5, 0.6) is 0 Å². The van der Waals surface area contributed by atoms with E-state index in [1.54, 1.807) is 0 Å². The van der Waals surface area contributed by atoms with Crippen molar-refractivity contribution in [3.05, 3.63) is 33.4 Å². The lowest BCUT2D eigenvalue weighted by atomic mass is 9.71. The van der Waals surface area contributed by atoms with Gasteiger partial charge in [-0.15, -0.1) is 0 Å². The van der Waals surface area contributed by atoms with Gasteiger partial charge in [-0.25, -0.2) is 0 Å². The summed E-state index contributed by atoms with van der Waals surface area (Å²) in [5.74, 6) is 0.186. The summed E-state index contributed by atoms with van der Waals surface area (Å²) in [6.45, 7) is 7.64. The minimum Gasteiger partial charge on any atom is -0.325 e. The molecule has 0 aliphatic heterocycles. The van der Waals surface area contributed by atoms with Crippen LogP contribution >= 0.6 is 22.6 Å². The van der Waals surface area contributed by atoms with Crippen molar-refractivity contribution >= 4 is 28.4 Å². The Labute approximate surface area is 117 Å². The fraction of sp³-hybridized carbons (Fsp3) is 0.500. The zero-order valence-corrected chi connectivity index (χ0v) is 13.0. The smallest absolute Gasteiger partial charge is 0.144 e. The highest BCUT2D eigenvalue weighted by Gasteiger charge is 2.39. The summed E-state index contributed by atoms with van der Waals surface area (Å²) < 4.78 is 1.18. The van der Waals surface area contributed by atoms with Gasteiger partial charge in [-0.1, -0.05) is 26.0 Å². The summed E-state index contributed by atoms with van der Waals surface area (Å²) in [5.41, 5.74) is 6.09. The predicted octanol–water partition coefficient (Wildman–Crippen LogP) is 3.17. The average Bonchev–Trinajstić information content (AvgIpc) is 2.19. The minimum atomic E-state index is -0.518. The Morgan fingerprint density at radius 1 is 1.18 bits per heavy atom. The van der Waals surface area contributed by atoms with E-state index in [1.807, 2.05) is 52.0 Å². The number of halogens is 1. The second-order valence-electron chi connectivity index (χ2n) is 5.57. The maximum atomic E-state index is 12.3. The van der Waals surface area contributed by atoms with Crippen LogP contribution in [0.1, 0.15) is 33.3 Å². The van der Waals surface area contributed by atoms with Crippen LogP contribution in [-0.4, -0.2) is 11.3 Å². The van der Waals surface area contributed by atoms with E-state index in [9.17, 15) is 4.79 Å². The molecule has 0 unspecified atom stereocenters. The van der Waals surface area contributed by atoms with Crippen LogP contribution in [0.3, 0.4) is 0 Å². The molecule has 0 aromatic heterocycles. The topological polar surface area (TPSA) is 43.1 Å². The van der Waals surface area contributed by atoms with Crippen LogP contribution in [0.15, 0.2) is 24.3 Å². The fourth-order valence-electron chi connectivity index (χ4n) is 1.37. The second kappa shape index (κ2) is 5.06. The van der Waals surface area contributed by atoms with Gasteiger partial charge in [-0.3, -0.25) is 4.79 Å². The van der Waals surface area contributed by atoms with Gasteiger partial charge in [-0.05, 0) is 54.1 Å². The van der Waals surface area contributed by atoms with Gasteiger partial charge in [0, 0.05) is 20.9 Å². The van der Waals surface area contributed by atoms with E-state index >= 15 is 0 Å². The normalized spacial score (nSPS) is 12.6. The van der Waals surface area contributed by atoms with Crippen molar-refractivity contribution in [2.45, 2.75) is 39.7 Å². The standard InChI is InChI=1S/C14H20INO/c1-13(2,14(3,4)16)12(17)9-10-5-7-11(15)8-6-10/h5-8H,9,16H2,1-4H3. The molecule has 0 saturated carbocycles. The third kappa shape index (κ3) is 3.52. The molecule has 0 spiro atoms. The summed E-state index contributed by atoms with van der Waals surface area (Å²) >= 11 is 2.25. The molecule has 0 fully saturated rings. The number of Topliss-reactive ketones (excluding diaryl/α,β-unsaturated/α-hetero) is 1. The summed E-state index contributed by atoms with van der Waals surface area (Å²) in [6, 6.07) is 8.03. The Hall–Kier alpha value is -0.420. The van der Waals surface area contributed by atoms with Crippen LogP contribution in [0.2, 0.25) is 0 Å². The van der Waals surface area contributed by atoms with Gasteiger partial charge < -0.3 is 5.73 Å². The van der Waals surface area contributed by atoms with Crippen LogP contribution in [-0.2, 0) is 11.2 Å². The molecule has 94 valence electrons. The minimum absolute atomic E-state index is 0.186. The number of carbonyl (C=O) groups is 1. The number of ketones is 1. The SMILES string of the molecule is CC(C)(N)C(C)(C)C(=O)Cc1ccc(I)cc1. The molecular formula is C14H20INO. The van der Waals surface area contributed by atoms with Gasteiger partial charge >= 0.3 is 0 Å². The summed E-state index contributed by atoms with van der Waals surface area (Å²) in [7, 11) is 0. The summed E-state index contributed by atoms with van der Waals surface area (Å²) in [6.07, 6.45) is 0.449. The van der Waals surface area contributed by atoms with Crippen LogP contribution in [0.25, 0.3) is 0 Å². The van der Waals surface area contributed by atoms with Gasteiger partial charge in [0.25, 0.3) is 0 Å². The Bertz CT molecular complexity index is 401. The molecule has 0 heterocycles. The monoisotopic (exact) mass is 345 g/mol. The van der Waals surface area contributed by atoms with Crippen LogP contribution < -0.4 is 5.73 Å². The first-order valence-electron chi connectivity index (χ1n) is 5.71. The number of rotatable bonds is 4. The Balaban J connectivity index is 2.83. The molecule has 3 heteroatoms. The van der Waals surface area contributed by atoms with E-state index in [4.69, 9.17) is 5.73 Å². The summed E-state index contributed by atoms with van der Waals surface area (Å²) in [4.78, 5) is 12.3. The molecule has 0 saturated heterocycles. The van der Waals surface area contributed by atoms with Crippen molar-refractivity contribution in [3.63, 3.8) is 0 Å². The lowest BCUT2D eigenvalue weighted by molar-refractivity contribution is -0.129. The lowest BCUT2D eigenvalue weighted by Crippen LogP contribution is -2.52. The molecule has 2 N–H and O–H groups in total. The first-order valence-corrected chi connectivity index (χ1v) is 6.79. The maximum absolute atomic E-state index is 12.3. The lowest BCUT2D eigenvalue weighted by Gasteiger charge is -2.37. The average molecular weight is 345 g/mol. The zero-order chi connectivity index (χ0) is 13.3. The van der Waals surface area contributed by atoms with Gasteiger partial charge in [0.15, 0.2) is 0 Å². The predicted molar refractivity (Wildman–Crippen MR) is 79.9 cm³/mol. The Morgan fingerprint density at radius 2 is 1.65 bits per heavy atom. The van der Waals surface area contributed by atoms with Gasteiger partial charge in [0.2, 0.25) is 0 Å². The molecule has 0 aliphatic rings. The van der Waals surface area contributed by atoms with Crippen molar-refractivity contribution in [2.75, 3.05) is 0 Å². The van der Waals surface area contributed by atoms with Crippen molar-refractivity contribution in [1.29, 1.82) is 0 Å². The largest absolute Gasteiger partial charge is 0.325 e. The highest BCUT2D eigenvalue weighted by atomic mass is 127. The van der Waals surface area contributed by atoms with E-state index in [-0.39, 0.29) is 5.78 Å². The summed E-state index contributed by atoms with van der Waals surface area (Å²) in [5, 5.41) is 0. The quantitative estimate of drug-likeness (QED) is 0.852. The van der Waals surface area contributed by atoms with E-state index in [1.165, 1.54) is 3.57 Å². The first-order chi connectivity index (χ1) is 7.64. The van der Waals surface area contributed by atoms with E-state index in [2.05, 4.69) is 22.6 Å². The maximum Gasteiger partial charge on any atom is 0.144 e.